The smallest absolute Gasteiger partial charge is 0.311 e. The van der Waals surface area contributed by atoms with E-state index in [2.05, 4.69) is 13.0 Å². The van der Waals surface area contributed by atoms with Gasteiger partial charge in [-0.05, 0) is 55.4 Å². The van der Waals surface area contributed by atoms with Crippen molar-refractivity contribution >= 4 is 5.97 Å². The number of aryl methyl sites for hydroxylation is 2. The summed E-state index contributed by atoms with van der Waals surface area (Å²) in [6.45, 7) is 2.08. The van der Waals surface area contributed by atoms with Gasteiger partial charge in [-0.3, -0.25) is 4.79 Å². The van der Waals surface area contributed by atoms with Crippen LogP contribution < -0.4 is 4.74 Å². The van der Waals surface area contributed by atoms with E-state index in [1.807, 2.05) is 12.1 Å². The fraction of sp³-hybridized carbons (Fsp3) is 0.533. The molecule has 0 atom stereocenters. The molecule has 92 valence electrons. The molecular formula is C15H20O2. The Morgan fingerprint density at radius 1 is 1.24 bits per heavy atom. The van der Waals surface area contributed by atoms with Crippen LogP contribution >= 0.6 is 0 Å². The van der Waals surface area contributed by atoms with Crippen LogP contribution in [-0.2, 0) is 17.6 Å². The van der Waals surface area contributed by atoms with Crippen molar-refractivity contribution in [3.8, 4) is 5.75 Å². The number of unbranched alkanes of at least 4 members (excludes halogenated alkanes) is 1. The van der Waals surface area contributed by atoms with E-state index >= 15 is 0 Å². The van der Waals surface area contributed by atoms with Gasteiger partial charge in [0.05, 0.1) is 0 Å². The molecule has 1 aromatic carbocycles. The normalized spacial score (nSPS) is 14.2. The van der Waals surface area contributed by atoms with Gasteiger partial charge in [0, 0.05) is 6.42 Å². The second kappa shape index (κ2) is 5.85. The number of hydrogen-bond donors (Lipinski definition) is 0. The number of benzene rings is 1. The largest absolute Gasteiger partial charge is 0.427 e. The molecule has 0 radical (unpaired) electrons. The summed E-state index contributed by atoms with van der Waals surface area (Å²) in [5.41, 5.74) is 2.78. The molecule has 0 spiro atoms. The Labute approximate surface area is 103 Å². The first-order valence-corrected chi connectivity index (χ1v) is 6.62. The second-order valence-electron chi connectivity index (χ2n) is 4.72. The maximum absolute atomic E-state index is 11.5. The van der Waals surface area contributed by atoms with Gasteiger partial charge < -0.3 is 4.74 Å². The number of hydrogen-bond acceptors (Lipinski definition) is 2. The lowest BCUT2D eigenvalue weighted by Gasteiger charge is -2.16. The summed E-state index contributed by atoms with van der Waals surface area (Å²) in [7, 11) is 0. The molecule has 0 amide bonds. The molecule has 2 heteroatoms. The topological polar surface area (TPSA) is 26.3 Å². The van der Waals surface area contributed by atoms with Crippen LogP contribution in [-0.4, -0.2) is 5.97 Å². The average Bonchev–Trinajstić information content (AvgIpc) is 2.36. The molecule has 0 aromatic heterocycles. The molecule has 0 saturated carbocycles. The van der Waals surface area contributed by atoms with E-state index in [1.54, 1.807) is 0 Å². The molecule has 17 heavy (non-hydrogen) atoms. The van der Waals surface area contributed by atoms with Crippen molar-refractivity contribution in [1.29, 1.82) is 0 Å². The van der Waals surface area contributed by atoms with Crippen LogP contribution in [0.4, 0.5) is 0 Å². The number of rotatable bonds is 4. The zero-order chi connectivity index (χ0) is 12.1. The van der Waals surface area contributed by atoms with Crippen LogP contribution in [0.2, 0.25) is 0 Å². The van der Waals surface area contributed by atoms with Gasteiger partial charge in [0.2, 0.25) is 0 Å². The van der Waals surface area contributed by atoms with Crippen molar-refractivity contribution < 1.29 is 9.53 Å². The van der Waals surface area contributed by atoms with Gasteiger partial charge in [-0.25, -0.2) is 0 Å². The predicted octanol–water partition coefficient (Wildman–Crippen LogP) is 3.66. The lowest BCUT2D eigenvalue weighted by atomic mass is 9.92. The minimum atomic E-state index is -0.109. The second-order valence-corrected chi connectivity index (χ2v) is 4.72. The summed E-state index contributed by atoms with van der Waals surface area (Å²) in [5, 5.41) is 0. The zero-order valence-electron chi connectivity index (χ0n) is 10.5. The Balaban J connectivity index is 1.99. The third-order valence-electron chi connectivity index (χ3n) is 3.29. The van der Waals surface area contributed by atoms with Gasteiger partial charge in [0.15, 0.2) is 0 Å². The molecule has 0 saturated heterocycles. The van der Waals surface area contributed by atoms with Gasteiger partial charge in [0.1, 0.15) is 5.75 Å². The Morgan fingerprint density at radius 2 is 2.00 bits per heavy atom. The maximum atomic E-state index is 11.5. The van der Waals surface area contributed by atoms with E-state index in [0.29, 0.717) is 12.2 Å². The van der Waals surface area contributed by atoms with Crippen molar-refractivity contribution in [3.63, 3.8) is 0 Å². The van der Waals surface area contributed by atoms with Crippen molar-refractivity contribution in [2.24, 2.45) is 0 Å². The van der Waals surface area contributed by atoms with Crippen LogP contribution in [0.3, 0.4) is 0 Å². The summed E-state index contributed by atoms with van der Waals surface area (Å²) in [4.78, 5) is 11.5. The monoisotopic (exact) mass is 232 g/mol. The van der Waals surface area contributed by atoms with E-state index < -0.39 is 0 Å². The number of carbonyl (C=O) groups excluding carboxylic acids is 1. The first-order chi connectivity index (χ1) is 8.29. The fourth-order valence-electron chi connectivity index (χ4n) is 2.28. The molecule has 2 rings (SSSR count). The number of carbonyl (C=O) groups is 1. The van der Waals surface area contributed by atoms with Gasteiger partial charge in [-0.15, -0.1) is 0 Å². The first-order valence-electron chi connectivity index (χ1n) is 6.62. The molecule has 0 aliphatic heterocycles. The fourth-order valence-corrected chi connectivity index (χ4v) is 2.28. The zero-order valence-corrected chi connectivity index (χ0v) is 10.5. The standard InChI is InChI=1S/C15H20O2/c1-2-3-8-15(16)17-14-10-9-12-6-4-5-7-13(12)11-14/h9-11H,2-8H2,1H3. The SMILES string of the molecule is CCCCC(=O)Oc1ccc2c(c1)CCCC2. The number of ether oxygens (including phenoxy) is 1. The van der Waals surface area contributed by atoms with E-state index in [0.717, 1.165) is 19.3 Å². The summed E-state index contributed by atoms with van der Waals surface area (Å²) in [6.07, 6.45) is 7.27. The summed E-state index contributed by atoms with van der Waals surface area (Å²) in [5.74, 6) is 0.606. The van der Waals surface area contributed by atoms with Crippen LogP contribution in [0, 0.1) is 0 Å². The highest BCUT2D eigenvalue weighted by atomic mass is 16.5. The van der Waals surface area contributed by atoms with E-state index in [9.17, 15) is 4.79 Å². The van der Waals surface area contributed by atoms with Crippen LogP contribution in [0.5, 0.6) is 5.75 Å². The number of fused-ring (bicyclic) bond motifs is 1. The van der Waals surface area contributed by atoms with Gasteiger partial charge in [-0.1, -0.05) is 19.4 Å². The number of esters is 1. The highest BCUT2D eigenvalue weighted by Crippen LogP contribution is 2.25. The van der Waals surface area contributed by atoms with Gasteiger partial charge in [0.25, 0.3) is 0 Å². The third kappa shape index (κ3) is 3.32. The summed E-state index contributed by atoms with van der Waals surface area (Å²) < 4.78 is 5.34. The van der Waals surface area contributed by atoms with Crippen LogP contribution in [0.25, 0.3) is 0 Å². The molecule has 1 aliphatic carbocycles. The molecule has 2 nitrogen and oxygen atoms in total. The quantitative estimate of drug-likeness (QED) is 0.585. The first kappa shape index (κ1) is 12.2. The molecule has 1 aromatic rings. The Bertz CT molecular complexity index is 396. The summed E-state index contributed by atoms with van der Waals surface area (Å²) >= 11 is 0. The molecular weight excluding hydrogens is 212 g/mol. The van der Waals surface area contributed by atoms with Gasteiger partial charge >= 0.3 is 5.97 Å². The van der Waals surface area contributed by atoms with Gasteiger partial charge in [-0.2, -0.15) is 0 Å². The highest BCUT2D eigenvalue weighted by molar-refractivity contribution is 5.72. The lowest BCUT2D eigenvalue weighted by molar-refractivity contribution is -0.134. The highest BCUT2D eigenvalue weighted by Gasteiger charge is 2.11. The minimum absolute atomic E-state index is 0.109. The Morgan fingerprint density at radius 3 is 2.76 bits per heavy atom. The Hall–Kier alpha value is -1.31. The molecule has 0 fully saturated rings. The Kier molecular flexibility index (Phi) is 4.18. The van der Waals surface area contributed by atoms with Crippen molar-refractivity contribution in [1.82, 2.24) is 0 Å². The lowest BCUT2D eigenvalue weighted by Crippen LogP contribution is -2.09. The van der Waals surface area contributed by atoms with Crippen molar-refractivity contribution in [3.05, 3.63) is 29.3 Å². The van der Waals surface area contributed by atoms with Crippen molar-refractivity contribution in [2.45, 2.75) is 51.9 Å². The molecule has 0 bridgehead atoms. The molecule has 1 aliphatic rings. The molecule has 0 heterocycles. The van der Waals surface area contributed by atoms with Crippen LogP contribution in [0.1, 0.15) is 50.2 Å². The summed E-state index contributed by atoms with van der Waals surface area (Å²) in [6, 6.07) is 6.07. The van der Waals surface area contributed by atoms with E-state index in [-0.39, 0.29) is 5.97 Å². The average molecular weight is 232 g/mol. The third-order valence-corrected chi connectivity index (χ3v) is 3.29. The van der Waals surface area contributed by atoms with E-state index in [1.165, 1.54) is 30.4 Å². The minimum Gasteiger partial charge on any atom is -0.427 e. The van der Waals surface area contributed by atoms with Crippen molar-refractivity contribution in [2.75, 3.05) is 0 Å². The molecule has 0 unspecified atom stereocenters. The molecule has 0 N–H and O–H groups in total. The van der Waals surface area contributed by atoms with Crippen LogP contribution in [0.15, 0.2) is 18.2 Å². The van der Waals surface area contributed by atoms with E-state index in [4.69, 9.17) is 4.74 Å². The maximum Gasteiger partial charge on any atom is 0.311 e. The predicted molar refractivity (Wildman–Crippen MR) is 68.2 cm³/mol.